The zero-order valence-electron chi connectivity index (χ0n) is 12.9. The monoisotopic (exact) mass is 416 g/mol. The Morgan fingerprint density at radius 3 is 2.42 bits per heavy atom. The predicted octanol–water partition coefficient (Wildman–Crippen LogP) is 3.81. The molecule has 0 spiro atoms. The Labute approximate surface area is 155 Å². The predicted molar refractivity (Wildman–Crippen MR) is 96.1 cm³/mol. The minimum absolute atomic E-state index is 0.104. The van der Waals surface area contributed by atoms with Crippen molar-refractivity contribution < 1.29 is 14.6 Å². The standard InChI is InChI=1S/C16H9BrN4O5/c17-13-8-12(20(23)24)5-6-14(13)19-16(22)11(9-18)7-10-3-1-2-4-15(10)21(25)26/h1-8H,(H,19,22). The zero-order chi connectivity index (χ0) is 19.3. The molecule has 26 heavy (non-hydrogen) atoms. The third-order valence-electron chi connectivity index (χ3n) is 3.21. The lowest BCUT2D eigenvalue weighted by molar-refractivity contribution is -0.385. The van der Waals surface area contributed by atoms with Crippen LogP contribution in [0.25, 0.3) is 6.08 Å². The van der Waals surface area contributed by atoms with Gasteiger partial charge in [-0.1, -0.05) is 12.1 Å². The number of nitrogens with one attached hydrogen (secondary N) is 1. The molecule has 0 radical (unpaired) electrons. The molecule has 0 atom stereocenters. The van der Waals surface area contributed by atoms with Crippen molar-refractivity contribution in [2.45, 2.75) is 0 Å². The van der Waals surface area contributed by atoms with Crippen LogP contribution in [0.5, 0.6) is 0 Å². The van der Waals surface area contributed by atoms with Crippen LogP contribution < -0.4 is 5.32 Å². The summed E-state index contributed by atoms with van der Waals surface area (Å²) in [6.45, 7) is 0. The zero-order valence-corrected chi connectivity index (χ0v) is 14.5. The molecule has 0 heterocycles. The molecule has 0 fully saturated rings. The quantitative estimate of drug-likeness (QED) is 0.340. The number of nitro groups is 2. The Hall–Kier alpha value is -3.58. The number of para-hydroxylation sites is 1. The molecule has 0 saturated carbocycles. The first-order valence-electron chi connectivity index (χ1n) is 6.94. The number of benzene rings is 2. The number of carbonyl (C=O) groups excluding carboxylic acids is 1. The Balaban J connectivity index is 2.32. The van der Waals surface area contributed by atoms with Crippen molar-refractivity contribution in [3.63, 3.8) is 0 Å². The van der Waals surface area contributed by atoms with Gasteiger partial charge in [0, 0.05) is 22.7 Å². The number of carbonyl (C=O) groups is 1. The summed E-state index contributed by atoms with van der Waals surface area (Å²) in [5, 5.41) is 33.4. The van der Waals surface area contributed by atoms with Crippen molar-refractivity contribution in [1.29, 1.82) is 5.26 Å². The second-order valence-electron chi connectivity index (χ2n) is 4.86. The van der Waals surface area contributed by atoms with Crippen LogP contribution in [0.3, 0.4) is 0 Å². The van der Waals surface area contributed by atoms with Gasteiger partial charge >= 0.3 is 0 Å². The molecule has 2 aromatic carbocycles. The Kier molecular flexibility index (Phi) is 5.77. The maximum atomic E-state index is 12.3. The maximum Gasteiger partial charge on any atom is 0.276 e. The number of halogens is 1. The molecule has 0 aliphatic heterocycles. The van der Waals surface area contributed by atoms with Crippen LogP contribution in [-0.4, -0.2) is 15.8 Å². The molecule has 1 amide bonds. The van der Waals surface area contributed by atoms with Crippen LogP contribution >= 0.6 is 15.9 Å². The molecule has 9 nitrogen and oxygen atoms in total. The minimum Gasteiger partial charge on any atom is -0.320 e. The molecule has 130 valence electrons. The molecule has 0 aromatic heterocycles. The van der Waals surface area contributed by atoms with E-state index < -0.39 is 15.8 Å². The first kappa shape index (κ1) is 18.8. The number of nitro benzene ring substituents is 2. The number of amides is 1. The molecule has 10 heteroatoms. The fourth-order valence-corrected chi connectivity index (χ4v) is 2.45. The number of nitriles is 1. The minimum atomic E-state index is -0.805. The first-order valence-corrected chi connectivity index (χ1v) is 7.73. The van der Waals surface area contributed by atoms with Gasteiger partial charge in [0.25, 0.3) is 17.3 Å². The number of anilines is 1. The number of hydrogen-bond acceptors (Lipinski definition) is 6. The molecule has 2 aromatic rings. The second-order valence-corrected chi connectivity index (χ2v) is 5.72. The van der Waals surface area contributed by atoms with Gasteiger partial charge in [0.05, 0.1) is 21.1 Å². The lowest BCUT2D eigenvalue weighted by Gasteiger charge is -2.06. The number of hydrogen-bond donors (Lipinski definition) is 1. The van der Waals surface area contributed by atoms with Crippen molar-refractivity contribution in [2.24, 2.45) is 0 Å². The molecular formula is C16H9BrN4O5. The molecule has 0 saturated heterocycles. The van der Waals surface area contributed by atoms with Crippen molar-refractivity contribution in [2.75, 3.05) is 5.32 Å². The average molecular weight is 417 g/mol. The third kappa shape index (κ3) is 4.28. The smallest absolute Gasteiger partial charge is 0.276 e. The van der Waals surface area contributed by atoms with Gasteiger partial charge < -0.3 is 5.32 Å². The first-order chi connectivity index (χ1) is 12.3. The van der Waals surface area contributed by atoms with E-state index in [1.54, 1.807) is 12.1 Å². The van der Waals surface area contributed by atoms with Crippen LogP contribution in [-0.2, 0) is 4.79 Å². The lowest BCUT2D eigenvalue weighted by Crippen LogP contribution is -2.14. The highest BCUT2D eigenvalue weighted by atomic mass is 79.9. The van der Waals surface area contributed by atoms with Crippen LogP contribution in [0.2, 0.25) is 0 Å². The summed E-state index contributed by atoms with van der Waals surface area (Å²) in [6.07, 6.45) is 1.10. The number of non-ortho nitro benzene ring substituents is 1. The van der Waals surface area contributed by atoms with Gasteiger partial charge in [0.2, 0.25) is 0 Å². The highest BCUT2D eigenvalue weighted by Crippen LogP contribution is 2.28. The van der Waals surface area contributed by atoms with Gasteiger partial charge in [0.15, 0.2) is 0 Å². The van der Waals surface area contributed by atoms with Gasteiger partial charge in [-0.15, -0.1) is 0 Å². The van der Waals surface area contributed by atoms with E-state index in [4.69, 9.17) is 0 Å². The van der Waals surface area contributed by atoms with Gasteiger partial charge in [0.1, 0.15) is 11.6 Å². The van der Waals surface area contributed by atoms with E-state index in [0.29, 0.717) is 0 Å². The molecule has 0 aliphatic rings. The van der Waals surface area contributed by atoms with E-state index in [0.717, 1.165) is 6.08 Å². The van der Waals surface area contributed by atoms with Crippen LogP contribution in [0.15, 0.2) is 52.5 Å². The van der Waals surface area contributed by atoms with Crippen molar-refractivity contribution in [3.8, 4) is 6.07 Å². The van der Waals surface area contributed by atoms with Crippen LogP contribution in [0, 0.1) is 31.6 Å². The van der Waals surface area contributed by atoms with Crippen molar-refractivity contribution in [1.82, 2.24) is 0 Å². The van der Waals surface area contributed by atoms with Gasteiger partial charge in [-0.25, -0.2) is 0 Å². The summed E-state index contributed by atoms with van der Waals surface area (Å²) in [7, 11) is 0. The molecule has 0 aliphatic carbocycles. The highest BCUT2D eigenvalue weighted by molar-refractivity contribution is 9.10. The van der Waals surface area contributed by atoms with Crippen molar-refractivity contribution in [3.05, 3.63) is 78.3 Å². The average Bonchev–Trinajstić information content (AvgIpc) is 2.61. The molecule has 2 rings (SSSR count). The summed E-state index contributed by atoms with van der Waals surface area (Å²) < 4.78 is 0.253. The largest absolute Gasteiger partial charge is 0.320 e. The van der Waals surface area contributed by atoms with E-state index in [9.17, 15) is 30.3 Å². The topological polar surface area (TPSA) is 139 Å². The summed E-state index contributed by atoms with van der Waals surface area (Å²) >= 11 is 3.10. The molecule has 0 bridgehead atoms. The fourth-order valence-electron chi connectivity index (χ4n) is 1.99. The summed E-state index contributed by atoms with van der Waals surface area (Å²) in [4.78, 5) is 32.8. The third-order valence-corrected chi connectivity index (χ3v) is 3.87. The summed E-state index contributed by atoms with van der Waals surface area (Å²) in [6, 6.07) is 11.1. The van der Waals surface area contributed by atoms with Crippen molar-refractivity contribution >= 4 is 45.0 Å². The molecular weight excluding hydrogens is 408 g/mol. The summed E-state index contributed by atoms with van der Waals surface area (Å²) in [5.74, 6) is -0.805. The Morgan fingerprint density at radius 2 is 1.85 bits per heavy atom. The normalized spacial score (nSPS) is 10.7. The van der Waals surface area contributed by atoms with Gasteiger partial charge in [-0.3, -0.25) is 25.0 Å². The van der Waals surface area contributed by atoms with Crippen LogP contribution in [0.1, 0.15) is 5.56 Å². The fraction of sp³-hybridized carbons (Fsp3) is 0. The Bertz CT molecular complexity index is 981. The van der Waals surface area contributed by atoms with Gasteiger partial charge in [-0.2, -0.15) is 5.26 Å². The summed E-state index contributed by atoms with van der Waals surface area (Å²) in [5.41, 5.74) is -0.462. The Morgan fingerprint density at radius 1 is 1.15 bits per heavy atom. The second kappa shape index (κ2) is 8.00. The number of nitrogens with zero attached hydrogens (tertiary/aromatic N) is 3. The van der Waals surface area contributed by atoms with Crippen LogP contribution in [0.4, 0.5) is 17.1 Å². The van der Waals surface area contributed by atoms with E-state index in [1.807, 2.05) is 0 Å². The van der Waals surface area contributed by atoms with E-state index in [-0.39, 0.29) is 32.7 Å². The number of rotatable bonds is 5. The molecule has 1 N–H and O–H groups in total. The maximum absolute atomic E-state index is 12.3. The van der Waals surface area contributed by atoms with E-state index in [2.05, 4.69) is 21.2 Å². The van der Waals surface area contributed by atoms with E-state index >= 15 is 0 Å². The van der Waals surface area contributed by atoms with E-state index in [1.165, 1.54) is 36.4 Å². The van der Waals surface area contributed by atoms with Gasteiger partial charge in [-0.05, 0) is 34.1 Å². The lowest BCUT2D eigenvalue weighted by atomic mass is 10.1. The SMILES string of the molecule is N#CC(=Cc1ccccc1[N+](=O)[O-])C(=O)Nc1ccc([N+](=O)[O-])cc1Br. The highest BCUT2D eigenvalue weighted by Gasteiger charge is 2.17. The molecule has 0 unspecified atom stereocenters.